The molecule has 3 aromatic rings. The molecule has 0 aliphatic rings. The van der Waals surface area contributed by atoms with Crippen molar-refractivity contribution in [2.45, 2.75) is 20.0 Å². The van der Waals surface area contributed by atoms with Gasteiger partial charge in [0, 0.05) is 25.3 Å². The number of nitrogens with one attached hydrogen (secondary N) is 1. The zero-order valence-electron chi connectivity index (χ0n) is 16.9. The Morgan fingerprint density at radius 3 is 2.61 bits per heavy atom. The number of alkyl halides is 3. The van der Waals surface area contributed by atoms with Gasteiger partial charge < -0.3 is 10.2 Å². The fourth-order valence-electron chi connectivity index (χ4n) is 3.17. The van der Waals surface area contributed by atoms with Crippen LogP contribution in [0.5, 0.6) is 0 Å². The maximum Gasteiger partial charge on any atom is 0.434 e. The number of hydrogen-bond acceptors (Lipinski definition) is 4. The van der Waals surface area contributed by atoms with Gasteiger partial charge in [0.15, 0.2) is 11.5 Å². The first-order valence-electron chi connectivity index (χ1n) is 9.58. The zero-order valence-corrected chi connectivity index (χ0v) is 17.7. The Hall–Kier alpha value is -3.07. The first-order valence-corrected chi connectivity index (χ1v) is 9.96. The van der Waals surface area contributed by atoms with Gasteiger partial charge in [-0.25, -0.2) is 9.67 Å². The highest BCUT2D eigenvalue weighted by Gasteiger charge is 2.40. The number of anilines is 1. The van der Waals surface area contributed by atoms with Gasteiger partial charge in [-0.2, -0.15) is 18.3 Å². The third-order valence-electron chi connectivity index (χ3n) is 4.62. The summed E-state index contributed by atoms with van der Waals surface area (Å²) in [6.45, 7) is 5.24. The Labute approximate surface area is 182 Å². The predicted octanol–water partition coefficient (Wildman–Crippen LogP) is 4.50. The number of aryl methyl sites for hydroxylation is 1. The number of carbonyl (C=O) groups is 1. The fraction of sp³-hybridized carbons (Fsp3) is 0.286. The van der Waals surface area contributed by atoms with E-state index in [2.05, 4.69) is 15.4 Å². The second-order valence-electron chi connectivity index (χ2n) is 6.81. The molecule has 3 rings (SSSR count). The van der Waals surface area contributed by atoms with E-state index in [9.17, 15) is 18.0 Å². The highest BCUT2D eigenvalue weighted by molar-refractivity contribution is 6.29. The van der Waals surface area contributed by atoms with Crippen LogP contribution in [0.3, 0.4) is 0 Å². The lowest BCUT2D eigenvalue weighted by molar-refractivity contribution is -0.143. The predicted molar refractivity (Wildman–Crippen MR) is 113 cm³/mol. The van der Waals surface area contributed by atoms with Crippen LogP contribution in [-0.2, 0) is 6.18 Å². The van der Waals surface area contributed by atoms with E-state index >= 15 is 0 Å². The van der Waals surface area contributed by atoms with Crippen LogP contribution >= 0.6 is 11.6 Å². The molecule has 0 aliphatic carbocycles. The summed E-state index contributed by atoms with van der Waals surface area (Å²) in [6.07, 6.45) is -3.93. The summed E-state index contributed by atoms with van der Waals surface area (Å²) < 4.78 is 41.8. The number of aromatic nitrogens is 3. The van der Waals surface area contributed by atoms with Gasteiger partial charge in [0.1, 0.15) is 5.15 Å². The lowest BCUT2D eigenvalue weighted by Gasteiger charge is -2.23. The lowest BCUT2D eigenvalue weighted by Crippen LogP contribution is -2.35. The third kappa shape index (κ3) is 5.35. The maximum atomic E-state index is 13.7. The van der Waals surface area contributed by atoms with Gasteiger partial charge in [-0.15, -0.1) is 0 Å². The number of benzene rings is 1. The second-order valence-corrected chi connectivity index (χ2v) is 7.20. The van der Waals surface area contributed by atoms with E-state index in [4.69, 9.17) is 11.6 Å². The molecule has 10 heteroatoms. The molecule has 1 N–H and O–H groups in total. The highest BCUT2D eigenvalue weighted by Crippen LogP contribution is 2.33. The quantitative estimate of drug-likeness (QED) is 0.537. The van der Waals surface area contributed by atoms with Crippen LogP contribution in [0.25, 0.3) is 5.82 Å². The van der Waals surface area contributed by atoms with Crippen molar-refractivity contribution in [1.29, 1.82) is 0 Å². The number of halogens is 4. The van der Waals surface area contributed by atoms with Crippen molar-refractivity contribution in [1.82, 2.24) is 20.1 Å². The van der Waals surface area contributed by atoms with E-state index < -0.39 is 23.3 Å². The number of likely N-dealkylation sites (N-methyl/N-ethyl adjacent to an activating group) is 1. The van der Waals surface area contributed by atoms with E-state index in [1.807, 2.05) is 43.0 Å². The number of hydrogen-bond donors (Lipinski definition) is 1. The molecule has 0 fully saturated rings. The number of amides is 1. The Morgan fingerprint density at radius 2 is 1.97 bits per heavy atom. The average Bonchev–Trinajstić information content (AvgIpc) is 3.17. The minimum absolute atomic E-state index is 0.0166. The summed E-state index contributed by atoms with van der Waals surface area (Å²) in [5.74, 6) is -0.989. The van der Waals surface area contributed by atoms with Crippen molar-refractivity contribution in [3.05, 3.63) is 70.6 Å². The van der Waals surface area contributed by atoms with Gasteiger partial charge in [0.25, 0.3) is 5.91 Å². The highest BCUT2D eigenvalue weighted by atomic mass is 35.5. The molecule has 0 saturated heterocycles. The van der Waals surface area contributed by atoms with Crippen LogP contribution < -0.4 is 10.2 Å². The average molecular weight is 452 g/mol. The zero-order chi connectivity index (χ0) is 22.6. The number of pyridine rings is 1. The van der Waals surface area contributed by atoms with Crippen LogP contribution in [-0.4, -0.2) is 40.3 Å². The summed E-state index contributed by atoms with van der Waals surface area (Å²) in [5.41, 5.74) is 0.295. The van der Waals surface area contributed by atoms with E-state index in [1.165, 1.54) is 18.2 Å². The summed E-state index contributed by atoms with van der Waals surface area (Å²) in [5, 5.41) is 6.31. The van der Waals surface area contributed by atoms with Crippen LogP contribution in [0.15, 0.2) is 48.7 Å². The normalized spacial score (nSPS) is 11.4. The molecule has 2 aromatic heterocycles. The van der Waals surface area contributed by atoms with Crippen molar-refractivity contribution in [2.24, 2.45) is 0 Å². The Bertz CT molecular complexity index is 1070. The van der Waals surface area contributed by atoms with Gasteiger partial charge in [-0.1, -0.05) is 29.8 Å². The Morgan fingerprint density at radius 1 is 1.23 bits per heavy atom. The fourth-order valence-corrected chi connectivity index (χ4v) is 3.33. The van der Waals surface area contributed by atoms with Crippen molar-refractivity contribution < 1.29 is 18.0 Å². The van der Waals surface area contributed by atoms with Crippen molar-refractivity contribution in [2.75, 3.05) is 24.5 Å². The molecule has 6 nitrogen and oxygen atoms in total. The Kier molecular flexibility index (Phi) is 6.84. The maximum absolute atomic E-state index is 13.7. The summed E-state index contributed by atoms with van der Waals surface area (Å²) in [6, 6.07) is 12.1. The molecule has 31 heavy (non-hydrogen) atoms. The number of rotatable bonds is 7. The molecule has 0 spiro atoms. The monoisotopic (exact) mass is 451 g/mol. The van der Waals surface area contributed by atoms with Crippen LogP contribution in [0, 0.1) is 6.92 Å². The van der Waals surface area contributed by atoms with Crippen LogP contribution in [0.1, 0.15) is 28.5 Å². The smallest absolute Gasteiger partial charge is 0.370 e. The molecule has 1 amide bonds. The third-order valence-corrected chi connectivity index (χ3v) is 4.83. The van der Waals surface area contributed by atoms with Crippen molar-refractivity contribution in [3.8, 4) is 5.82 Å². The molecule has 0 unspecified atom stereocenters. The number of carbonyl (C=O) groups excluding carboxylic acids is 1. The van der Waals surface area contributed by atoms with E-state index in [0.29, 0.717) is 17.8 Å². The first-order chi connectivity index (χ1) is 14.7. The molecule has 2 heterocycles. The van der Waals surface area contributed by atoms with E-state index in [-0.39, 0.29) is 17.5 Å². The van der Waals surface area contributed by atoms with Gasteiger partial charge >= 0.3 is 6.18 Å². The number of nitrogens with zero attached hydrogens (tertiary/aromatic N) is 4. The molecule has 0 saturated carbocycles. The molecule has 0 aliphatic heterocycles. The van der Waals surface area contributed by atoms with Crippen LogP contribution in [0.4, 0.5) is 18.9 Å². The molecule has 0 radical (unpaired) electrons. The van der Waals surface area contributed by atoms with Crippen molar-refractivity contribution >= 4 is 23.2 Å². The molecule has 0 atom stereocenters. The summed E-state index contributed by atoms with van der Waals surface area (Å²) in [7, 11) is 0. The standard InChI is InChI=1S/C21H21ClF3N5O/c1-3-29(15-7-4-6-14(2)12-15)11-10-26-20(31)16-13-27-30(19(16)21(23,24)25)18-9-5-8-17(22)28-18/h4-9,12-13H,3,10-11H2,1-2H3,(H,26,31). The van der Waals surface area contributed by atoms with Crippen molar-refractivity contribution in [3.63, 3.8) is 0 Å². The van der Waals surface area contributed by atoms with E-state index in [0.717, 1.165) is 17.4 Å². The molecule has 0 bridgehead atoms. The molecule has 164 valence electrons. The molecular weight excluding hydrogens is 431 g/mol. The topological polar surface area (TPSA) is 63.1 Å². The van der Waals surface area contributed by atoms with Gasteiger partial charge in [0.05, 0.1) is 11.8 Å². The molecule has 1 aromatic carbocycles. The minimum atomic E-state index is -4.82. The SMILES string of the molecule is CCN(CCNC(=O)c1cnn(-c2cccc(Cl)n2)c1C(F)(F)F)c1cccc(C)c1. The summed E-state index contributed by atoms with van der Waals surface area (Å²) in [4.78, 5) is 18.4. The van der Waals surface area contributed by atoms with Gasteiger partial charge in [0.2, 0.25) is 0 Å². The molecular formula is C21H21ClF3N5O. The first kappa shape index (κ1) is 22.6. The summed E-state index contributed by atoms with van der Waals surface area (Å²) >= 11 is 5.79. The van der Waals surface area contributed by atoms with Gasteiger partial charge in [-0.3, -0.25) is 4.79 Å². The Balaban J connectivity index is 1.77. The van der Waals surface area contributed by atoms with Crippen LogP contribution in [0.2, 0.25) is 5.15 Å². The largest absolute Gasteiger partial charge is 0.434 e. The second kappa shape index (κ2) is 9.38. The van der Waals surface area contributed by atoms with E-state index in [1.54, 1.807) is 0 Å². The lowest BCUT2D eigenvalue weighted by atomic mass is 10.2. The minimum Gasteiger partial charge on any atom is -0.370 e. The van der Waals surface area contributed by atoms with Gasteiger partial charge in [-0.05, 0) is 43.7 Å².